The molecular weight excluding hydrogens is 222 g/mol. The highest BCUT2D eigenvalue weighted by Gasteiger charge is 2.14. The van der Waals surface area contributed by atoms with Crippen LogP contribution in [0, 0.1) is 0 Å². The number of hydrogen-bond donors (Lipinski definition) is 0. The van der Waals surface area contributed by atoms with Crippen molar-refractivity contribution in [3.63, 3.8) is 0 Å². The molecule has 0 fully saturated rings. The third-order valence-corrected chi connectivity index (χ3v) is 2.75. The van der Waals surface area contributed by atoms with Crippen LogP contribution in [-0.2, 0) is 4.74 Å². The van der Waals surface area contributed by atoms with Crippen LogP contribution in [0.25, 0.3) is 6.08 Å². The van der Waals surface area contributed by atoms with Crippen molar-refractivity contribution in [3.05, 3.63) is 77.5 Å². The van der Waals surface area contributed by atoms with Crippen LogP contribution in [0.1, 0.15) is 11.1 Å². The van der Waals surface area contributed by atoms with Gasteiger partial charge in [0.1, 0.15) is 12.3 Å². The summed E-state index contributed by atoms with van der Waals surface area (Å²) >= 11 is 0. The summed E-state index contributed by atoms with van der Waals surface area (Å²) in [5.74, 6) is 1.60. The monoisotopic (exact) mass is 235 g/mol. The van der Waals surface area contributed by atoms with Gasteiger partial charge in [0.15, 0.2) is 0 Å². The van der Waals surface area contributed by atoms with Gasteiger partial charge in [-0.05, 0) is 23.8 Å². The van der Waals surface area contributed by atoms with Crippen molar-refractivity contribution in [2.75, 3.05) is 6.54 Å². The fraction of sp³-hybridized carbons (Fsp3) is 0.0625. The van der Waals surface area contributed by atoms with Gasteiger partial charge in [0, 0.05) is 5.56 Å². The summed E-state index contributed by atoms with van der Waals surface area (Å²) < 4.78 is 5.76. The molecule has 0 aromatic heterocycles. The molecule has 0 atom stereocenters. The molecule has 0 spiro atoms. The lowest BCUT2D eigenvalue weighted by atomic mass is 10.2. The smallest absolute Gasteiger partial charge is 0.222 e. The Morgan fingerprint density at radius 2 is 1.56 bits per heavy atom. The quantitative estimate of drug-likeness (QED) is 0.780. The lowest BCUT2D eigenvalue weighted by Gasteiger charge is -2.02. The van der Waals surface area contributed by atoms with E-state index < -0.39 is 0 Å². The van der Waals surface area contributed by atoms with Crippen molar-refractivity contribution < 1.29 is 4.74 Å². The summed E-state index contributed by atoms with van der Waals surface area (Å²) in [6.45, 7) is 0.610. The minimum atomic E-state index is 0.610. The van der Waals surface area contributed by atoms with Crippen LogP contribution in [0.2, 0.25) is 0 Å². The number of rotatable bonds is 2. The van der Waals surface area contributed by atoms with Crippen molar-refractivity contribution in [1.82, 2.24) is 0 Å². The zero-order valence-corrected chi connectivity index (χ0v) is 9.91. The summed E-state index contributed by atoms with van der Waals surface area (Å²) in [5.41, 5.74) is 2.16. The van der Waals surface area contributed by atoms with Crippen molar-refractivity contribution in [1.29, 1.82) is 0 Å². The maximum absolute atomic E-state index is 5.76. The van der Waals surface area contributed by atoms with E-state index >= 15 is 0 Å². The van der Waals surface area contributed by atoms with Gasteiger partial charge in [0.25, 0.3) is 0 Å². The minimum Gasteiger partial charge on any atom is -0.441 e. The summed E-state index contributed by atoms with van der Waals surface area (Å²) in [5, 5.41) is 0. The third kappa shape index (κ3) is 2.33. The zero-order valence-electron chi connectivity index (χ0n) is 9.91. The van der Waals surface area contributed by atoms with Gasteiger partial charge in [0.05, 0.1) is 0 Å². The number of aliphatic imine (C=N–C) groups is 1. The molecule has 0 amide bonds. The van der Waals surface area contributed by atoms with Crippen molar-refractivity contribution >= 4 is 12.0 Å². The van der Waals surface area contributed by atoms with Crippen LogP contribution in [-0.4, -0.2) is 12.4 Å². The summed E-state index contributed by atoms with van der Waals surface area (Å²) in [4.78, 5) is 4.41. The molecule has 1 aliphatic rings. The molecule has 0 radical (unpaired) electrons. The Kier molecular flexibility index (Phi) is 2.92. The Morgan fingerprint density at radius 1 is 0.889 bits per heavy atom. The Hall–Kier alpha value is -2.35. The highest BCUT2D eigenvalue weighted by Crippen LogP contribution is 2.17. The molecule has 2 nitrogen and oxygen atoms in total. The molecule has 2 heteroatoms. The fourth-order valence-electron chi connectivity index (χ4n) is 1.88. The van der Waals surface area contributed by atoms with Crippen LogP contribution in [0.4, 0.5) is 0 Å². The summed E-state index contributed by atoms with van der Waals surface area (Å²) in [7, 11) is 0. The molecule has 88 valence electrons. The van der Waals surface area contributed by atoms with Gasteiger partial charge >= 0.3 is 0 Å². The second kappa shape index (κ2) is 4.88. The van der Waals surface area contributed by atoms with E-state index in [1.54, 1.807) is 0 Å². The Morgan fingerprint density at radius 3 is 2.28 bits per heavy atom. The van der Waals surface area contributed by atoms with Crippen molar-refractivity contribution in [2.45, 2.75) is 0 Å². The van der Waals surface area contributed by atoms with E-state index in [1.807, 2.05) is 54.6 Å². The van der Waals surface area contributed by atoms with E-state index in [-0.39, 0.29) is 0 Å². The lowest BCUT2D eigenvalue weighted by Crippen LogP contribution is -1.99. The van der Waals surface area contributed by atoms with Crippen LogP contribution in [0.5, 0.6) is 0 Å². The normalized spacial score (nSPS) is 16.4. The molecule has 0 bridgehead atoms. The number of benzene rings is 2. The Balaban J connectivity index is 1.77. The molecule has 0 aliphatic carbocycles. The third-order valence-electron chi connectivity index (χ3n) is 2.75. The first-order chi connectivity index (χ1) is 8.92. The molecular formula is C16H13NO. The number of ether oxygens (including phenoxy) is 1. The number of hydrogen-bond acceptors (Lipinski definition) is 2. The maximum Gasteiger partial charge on any atom is 0.222 e. The average molecular weight is 235 g/mol. The first-order valence-corrected chi connectivity index (χ1v) is 5.95. The van der Waals surface area contributed by atoms with Gasteiger partial charge in [-0.1, -0.05) is 48.5 Å². The number of nitrogens with zero attached hydrogens (tertiary/aromatic N) is 1. The van der Waals surface area contributed by atoms with Gasteiger partial charge in [-0.2, -0.15) is 0 Å². The van der Waals surface area contributed by atoms with Crippen molar-refractivity contribution in [2.24, 2.45) is 4.99 Å². The minimum absolute atomic E-state index is 0.610. The fourth-order valence-corrected chi connectivity index (χ4v) is 1.88. The predicted molar refractivity (Wildman–Crippen MR) is 73.4 cm³/mol. The van der Waals surface area contributed by atoms with E-state index in [1.165, 1.54) is 0 Å². The summed E-state index contributed by atoms with van der Waals surface area (Å²) in [6.07, 6.45) is 2.03. The van der Waals surface area contributed by atoms with Gasteiger partial charge in [-0.15, -0.1) is 0 Å². The van der Waals surface area contributed by atoms with Crippen LogP contribution >= 0.6 is 0 Å². The van der Waals surface area contributed by atoms with E-state index in [0.29, 0.717) is 12.4 Å². The standard InChI is InChI=1S/C16H13NO/c1-3-7-13(8-4-1)11-15-12-17-16(18-15)14-9-5-2-6-10-14/h1-11H,12H2/b15-11+. The molecule has 1 heterocycles. The van der Waals surface area contributed by atoms with E-state index in [9.17, 15) is 0 Å². The SMILES string of the molecule is C(=C1/CN=C(c2ccccc2)O1)/c1ccccc1. The van der Waals surface area contributed by atoms with Crippen molar-refractivity contribution in [3.8, 4) is 0 Å². The van der Waals surface area contributed by atoms with E-state index in [2.05, 4.69) is 17.1 Å². The molecule has 0 unspecified atom stereocenters. The molecule has 0 N–H and O–H groups in total. The molecule has 1 aliphatic heterocycles. The molecule has 18 heavy (non-hydrogen) atoms. The summed E-state index contributed by atoms with van der Waals surface area (Å²) in [6, 6.07) is 20.1. The first-order valence-electron chi connectivity index (χ1n) is 5.95. The highest BCUT2D eigenvalue weighted by molar-refractivity contribution is 5.96. The van der Waals surface area contributed by atoms with Gasteiger partial charge in [0.2, 0.25) is 5.90 Å². The molecule has 2 aromatic carbocycles. The zero-order chi connectivity index (χ0) is 12.2. The lowest BCUT2D eigenvalue weighted by molar-refractivity contribution is 0.445. The average Bonchev–Trinajstić information content (AvgIpc) is 2.89. The van der Waals surface area contributed by atoms with Crippen LogP contribution in [0.3, 0.4) is 0 Å². The highest BCUT2D eigenvalue weighted by atomic mass is 16.5. The molecule has 2 aromatic rings. The molecule has 0 saturated heterocycles. The van der Waals surface area contributed by atoms with Crippen LogP contribution in [0.15, 0.2) is 71.4 Å². The molecule has 3 rings (SSSR count). The second-order valence-electron chi connectivity index (χ2n) is 4.11. The maximum atomic E-state index is 5.76. The second-order valence-corrected chi connectivity index (χ2v) is 4.11. The van der Waals surface area contributed by atoms with Gasteiger partial charge in [-0.3, -0.25) is 0 Å². The van der Waals surface area contributed by atoms with Gasteiger partial charge in [-0.25, -0.2) is 4.99 Å². The van der Waals surface area contributed by atoms with Gasteiger partial charge < -0.3 is 4.74 Å². The Bertz CT molecular complexity index is 585. The Labute approximate surface area is 106 Å². The molecule has 0 saturated carbocycles. The largest absolute Gasteiger partial charge is 0.441 e. The van der Waals surface area contributed by atoms with Crippen LogP contribution < -0.4 is 0 Å². The van der Waals surface area contributed by atoms with E-state index in [0.717, 1.165) is 16.9 Å². The predicted octanol–water partition coefficient (Wildman–Crippen LogP) is 3.50. The van der Waals surface area contributed by atoms with E-state index in [4.69, 9.17) is 4.74 Å². The first kappa shape index (κ1) is 10.8. The topological polar surface area (TPSA) is 21.6 Å².